The summed E-state index contributed by atoms with van der Waals surface area (Å²) in [5.41, 5.74) is 3.45. The van der Waals surface area contributed by atoms with Crippen LogP contribution in [-0.2, 0) is 9.59 Å². The zero-order valence-corrected chi connectivity index (χ0v) is 14.0. The zero-order valence-electron chi connectivity index (χ0n) is 14.0. The molecule has 21 heavy (non-hydrogen) atoms. The van der Waals surface area contributed by atoms with E-state index in [9.17, 15) is 14.7 Å². The van der Waals surface area contributed by atoms with Crippen LogP contribution in [0.2, 0.25) is 0 Å². The Hall–Kier alpha value is -1.10. The van der Waals surface area contributed by atoms with Gasteiger partial charge in [-0.05, 0) is 59.3 Å². The van der Waals surface area contributed by atoms with Crippen molar-refractivity contribution in [3.63, 3.8) is 0 Å². The number of carbonyl (C=O) groups excluding carboxylic acids is 1. The van der Waals surface area contributed by atoms with Gasteiger partial charge in [0.05, 0.1) is 10.8 Å². The van der Waals surface area contributed by atoms with Crippen molar-refractivity contribution >= 4 is 11.9 Å². The molecule has 1 aliphatic carbocycles. The molecule has 0 radical (unpaired) electrons. The van der Waals surface area contributed by atoms with Crippen LogP contribution in [0.4, 0.5) is 0 Å². The van der Waals surface area contributed by atoms with E-state index in [4.69, 9.17) is 5.73 Å². The molecule has 122 valence electrons. The minimum Gasteiger partial charge on any atom is -0.481 e. The Morgan fingerprint density at radius 3 is 2.10 bits per heavy atom. The molecule has 5 heteroatoms. The molecular formula is C16H30N2O3. The van der Waals surface area contributed by atoms with Crippen molar-refractivity contribution in [3.8, 4) is 0 Å². The standard InChI is InChI=1S/C16H30N2O3/c1-11-6-8-16(10-17,9-7-11)12(19)18-15(4,5)14(2,3)13(20)21/h11H,6-10,17H2,1-5H3,(H,18,19)(H,20,21). The summed E-state index contributed by atoms with van der Waals surface area (Å²) in [5.74, 6) is -0.399. The molecule has 0 bridgehead atoms. The van der Waals surface area contributed by atoms with Gasteiger partial charge in [0, 0.05) is 12.1 Å². The molecule has 1 amide bonds. The number of nitrogens with one attached hydrogen (secondary N) is 1. The predicted octanol–water partition coefficient (Wildman–Crippen LogP) is 2.15. The van der Waals surface area contributed by atoms with Gasteiger partial charge in [0.2, 0.25) is 5.91 Å². The third kappa shape index (κ3) is 3.39. The second-order valence-corrected chi connectivity index (χ2v) is 7.68. The fourth-order valence-electron chi connectivity index (χ4n) is 2.68. The van der Waals surface area contributed by atoms with E-state index < -0.39 is 22.3 Å². The third-order valence-electron chi connectivity index (χ3n) is 5.63. The van der Waals surface area contributed by atoms with Crippen molar-refractivity contribution in [1.29, 1.82) is 0 Å². The first-order valence-corrected chi connectivity index (χ1v) is 7.74. The maximum Gasteiger partial charge on any atom is 0.311 e. The lowest BCUT2D eigenvalue weighted by Crippen LogP contribution is -2.61. The Kier molecular flexibility index (Phi) is 5.09. The Morgan fingerprint density at radius 2 is 1.71 bits per heavy atom. The number of hydrogen-bond donors (Lipinski definition) is 3. The Bertz CT molecular complexity index is 408. The van der Waals surface area contributed by atoms with E-state index in [1.807, 2.05) is 0 Å². The van der Waals surface area contributed by atoms with E-state index in [-0.39, 0.29) is 5.91 Å². The lowest BCUT2D eigenvalue weighted by molar-refractivity contribution is -0.153. The third-order valence-corrected chi connectivity index (χ3v) is 5.63. The van der Waals surface area contributed by atoms with Crippen LogP contribution in [0.5, 0.6) is 0 Å². The lowest BCUT2D eigenvalue weighted by atomic mass is 9.68. The highest BCUT2D eigenvalue weighted by Gasteiger charge is 2.48. The number of carboxylic acid groups (broad SMARTS) is 1. The predicted molar refractivity (Wildman–Crippen MR) is 82.8 cm³/mol. The van der Waals surface area contributed by atoms with Crippen LogP contribution < -0.4 is 11.1 Å². The minimum absolute atomic E-state index is 0.101. The van der Waals surface area contributed by atoms with Gasteiger partial charge in [-0.3, -0.25) is 9.59 Å². The summed E-state index contributed by atoms with van der Waals surface area (Å²) in [6, 6.07) is 0. The molecule has 0 aromatic carbocycles. The molecule has 1 fully saturated rings. The number of carboxylic acids is 1. The highest BCUT2D eigenvalue weighted by molar-refractivity contribution is 5.85. The van der Waals surface area contributed by atoms with Crippen LogP contribution in [0, 0.1) is 16.7 Å². The van der Waals surface area contributed by atoms with Crippen LogP contribution >= 0.6 is 0 Å². The van der Waals surface area contributed by atoms with Crippen LogP contribution in [0.1, 0.15) is 60.3 Å². The summed E-state index contributed by atoms with van der Waals surface area (Å²) in [6.07, 6.45) is 3.54. The molecule has 5 nitrogen and oxygen atoms in total. The first-order chi connectivity index (χ1) is 9.48. The fourth-order valence-corrected chi connectivity index (χ4v) is 2.68. The molecule has 0 saturated heterocycles. The summed E-state index contributed by atoms with van der Waals surface area (Å²) >= 11 is 0. The fraction of sp³-hybridized carbons (Fsp3) is 0.875. The largest absolute Gasteiger partial charge is 0.481 e. The maximum absolute atomic E-state index is 12.8. The van der Waals surface area contributed by atoms with Crippen molar-refractivity contribution in [2.75, 3.05) is 6.54 Å². The number of rotatable bonds is 5. The SMILES string of the molecule is CC1CCC(CN)(C(=O)NC(C)(C)C(C)(C)C(=O)O)CC1. The van der Waals surface area contributed by atoms with E-state index in [0.29, 0.717) is 12.5 Å². The number of carbonyl (C=O) groups is 2. The van der Waals surface area contributed by atoms with Crippen LogP contribution in [0.3, 0.4) is 0 Å². The molecule has 1 rings (SSSR count). The summed E-state index contributed by atoms with van der Waals surface area (Å²) in [7, 11) is 0. The molecule has 1 aliphatic rings. The van der Waals surface area contributed by atoms with E-state index in [0.717, 1.165) is 25.7 Å². The average Bonchev–Trinajstić information content (AvgIpc) is 2.39. The van der Waals surface area contributed by atoms with Crippen molar-refractivity contribution in [3.05, 3.63) is 0 Å². The van der Waals surface area contributed by atoms with Gasteiger partial charge in [-0.2, -0.15) is 0 Å². The van der Waals surface area contributed by atoms with Gasteiger partial charge in [-0.15, -0.1) is 0 Å². The molecule has 0 aromatic rings. The number of amides is 1. The van der Waals surface area contributed by atoms with Crippen LogP contribution in [0.25, 0.3) is 0 Å². The molecular weight excluding hydrogens is 268 g/mol. The summed E-state index contributed by atoms with van der Waals surface area (Å²) < 4.78 is 0. The molecule has 1 saturated carbocycles. The topological polar surface area (TPSA) is 92.4 Å². The summed E-state index contributed by atoms with van der Waals surface area (Å²) in [6.45, 7) is 9.29. The van der Waals surface area contributed by atoms with E-state index in [1.54, 1.807) is 27.7 Å². The van der Waals surface area contributed by atoms with E-state index in [2.05, 4.69) is 12.2 Å². The van der Waals surface area contributed by atoms with Gasteiger partial charge >= 0.3 is 5.97 Å². The molecule has 0 aliphatic heterocycles. The number of aliphatic carboxylic acids is 1. The molecule has 0 heterocycles. The van der Waals surface area contributed by atoms with Gasteiger partial charge in [0.25, 0.3) is 0 Å². The van der Waals surface area contributed by atoms with Crippen LogP contribution in [-0.4, -0.2) is 29.1 Å². The lowest BCUT2D eigenvalue weighted by Gasteiger charge is -2.44. The van der Waals surface area contributed by atoms with Gasteiger partial charge in [-0.1, -0.05) is 6.92 Å². The van der Waals surface area contributed by atoms with Gasteiger partial charge in [0.15, 0.2) is 0 Å². The highest BCUT2D eigenvalue weighted by atomic mass is 16.4. The van der Waals surface area contributed by atoms with Crippen LogP contribution in [0.15, 0.2) is 0 Å². The second-order valence-electron chi connectivity index (χ2n) is 7.68. The molecule has 0 aromatic heterocycles. The van der Waals surface area contributed by atoms with E-state index >= 15 is 0 Å². The highest BCUT2D eigenvalue weighted by Crippen LogP contribution is 2.40. The normalized spacial score (nSPS) is 27.2. The van der Waals surface area contributed by atoms with E-state index in [1.165, 1.54) is 0 Å². The second kappa shape index (κ2) is 5.95. The first kappa shape index (κ1) is 18.0. The van der Waals surface area contributed by atoms with Crippen molar-refractivity contribution in [2.45, 2.75) is 65.8 Å². The monoisotopic (exact) mass is 298 g/mol. The molecule has 0 atom stereocenters. The maximum atomic E-state index is 12.8. The minimum atomic E-state index is -1.06. The van der Waals surface area contributed by atoms with Gasteiger partial charge in [-0.25, -0.2) is 0 Å². The molecule has 0 spiro atoms. The zero-order chi connectivity index (χ0) is 16.5. The van der Waals surface area contributed by atoms with Gasteiger partial charge in [0.1, 0.15) is 0 Å². The van der Waals surface area contributed by atoms with Crippen molar-refractivity contribution < 1.29 is 14.7 Å². The smallest absolute Gasteiger partial charge is 0.311 e. The Labute approximate surface area is 127 Å². The number of hydrogen-bond acceptors (Lipinski definition) is 3. The average molecular weight is 298 g/mol. The quantitative estimate of drug-likeness (QED) is 0.725. The summed E-state index contributed by atoms with van der Waals surface area (Å²) in [4.78, 5) is 24.2. The van der Waals surface area contributed by atoms with Gasteiger partial charge < -0.3 is 16.2 Å². The van der Waals surface area contributed by atoms with Crippen molar-refractivity contribution in [2.24, 2.45) is 22.5 Å². The Balaban J connectivity index is 2.90. The first-order valence-electron chi connectivity index (χ1n) is 7.74. The summed E-state index contributed by atoms with van der Waals surface area (Å²) in [5, 5.41) is 12.3. The number of nitrogens with two attached hydrogens (primary N) is 1. The van der Waals surface area contributed by atoms with Crippen molar-refractivity contribution in [1.82, 2.24) is 5.32 Å². The molecule has 0 unspecified atom stereocenters. The Morgan fingerprint density at radius 1 is 1.24 bits per heavy atom. The molecule has 4 N–H and O–H groups in total.